The van der Waals surface area contributed by atoms with Crippen molar-refractivity contribution in [2.45, 2.75) is 13.5 Å². The molecule has 0 atom stereocenters. The Kier molecular flexibility index (Phi) is 7.10. The second-order valence-electron chi connectivity index (χ2n) is 5.34. The summed E-state index contributed by atoms with van der Waals surface area (Å²) in [7, 11) is 0. The Hall–Kier alpha value is -2.24. The van der Waals surface area contributed by atoms with Gasteiger partial charge in [-0.3, -0.25) is 9.59 Å². The molecule has 0 radical (unpaired) electrons. The van der Waals surface area contributed by atoms with Crippen LogP contribution in [0, 0.1) is 6.92 Å². The summed E-state index contributed by atoms with van der Waals surface area (Å²) < 4.78 is 5.30. The van der Waals surface area contributed by atoms with Crippen LogP contribution in [0.15, 0.2) is 42.5 Å². The van der Waals surface area contributed by atoms with E-state index in [2.05, 4.69) is 10.6 Å². The molecule has 2 rings (SSSR count). The molecular formula is C18H18Cl2N2O3. The molecule has 2 aromatic carbocycles. The lowest BCUT2D eigenvalue weighted by Gasteiger charge is -2.10. The molecule has 0 aliphatic carbocycles. The second-order valence-corrected chi connectivity index (χ2v) is 6.19. The normalized spacial score (nSPS) is 10.2. The van der Waals surface area contributed by atoms with Crippen molar-refractivity contribution in [3.05, 3.63) is 63.6 Å². The number of benzene rings is 2. The van der Waals surface area contributed by atoms with Gasteiger partial charge in [-0.2, -0.15) is 0 Å². The van der Waals surface area contributed by atoms with E-state index < -0.39 is 5.91 Å². The molecule has 0 fully saturated rings. The fourth-order valence-corrected chi connectivity index (χ4v) is 2.49. The predicted molar refractivity (Wildman–Crippen MR) is 98.0 cm³/mol. The van der Waals surface area contributed by atoms with Crippen LogP contribution in [-0.4, -0.2) is 25.0 Å². The molecule has 0 aromatic heterocycles. The summed E-state index contributed by atoms with van der Waals surface area (Å²) in [5, 5.41) is 6.04. The number of ether oxygens (including phenoxy) is 1. The van der Waals surface area contributed by atoms with Crippen molar-refractivity contribution < 1.29 is 14.3 Å². The van der Waals surface area contributed by atoms with Gasteiger partial charge in [0.2, 0.25) is 5.91 Å². The maximum absolute atomic E-state index is 11.8. The molecule has 0 heterocycles. The minimum absolute atomic E-state index is 0.123. The van der Waals surface area contributed by atoms with E-state index in [4.69, 9.17) is 27.9 Å². The average Bonchev–Trinajstić information content (AvgIpc) is 2.58. The summed E-state index contributed by atoms with van der Waals surface area (Å²) in [4.78, 5) is 23.5. The van der Waals surface area contributed by atoms with Gasteiger partial charge in [-0.1, -0.05) is 47.5 Å². The Labute approximate surface area is 156 Å². The first-order valence-electron chi connectivity index (χ1n) is 7.61. The highest BCUT2D eigenvalue weighted by Crippen LogP contribution is 2.27. The standard InChI is InChI=1S/C18H18Cl2N2O3/c1-12-4-2-3-5-13(12)9-21-17(23)10-22-18(24)11-25-16-7-6-14(19)8-15(16)20/h2-8H,9-11H2,1H3,(H,21,23)(H,22,24). The number of hydrogen-bond acceptors (Lipinski definition) is 3. The van der Waals surface area contributed by atoms with Crippen LogP contribution in [0.3, 0.4) is 0 Å². The Balaban J connectivity index is 1.70. The quantitative estimate of drug-likeness (QED) is 0.775. The molecule has 2 N–H and O–H groups in total. The maximum atomic E-state index is 11.8. The smallest absolute Gasteiger partial charge is 0.258 e. The molecule has 0 aliphatic heterocycles. The van der Waals surface area contributed by atoms with Crippen LogP contribution in [0.1, 0.15) is 11.1 Å². The van der Waals surface area contributed by atoms with Gasteiger partial charge in [-0.25, -0.2) is 0 Å². The average molecular weight is 381 g/mol. The molecule has 0 unspecified atom stereocenters. The van der Waals surface area contributed by atoms with Crippen molar-refractivity contribution in [2.75, 3.05) is 13.2 Å². The van der Waals surface area contributed by atoms with Crippen molar-refractivity contribution in [3.8, 4) is 5.75 Å². The highest BCUT2D eigenvalue weighted by Gasteiger charge is 2.09. The Morgan fingerprint density at radius 1 is 1.04 bits per heavy atom. The SMILES string of the molecule is Cc1ccccc1CNC(=O)CNC(=O)COc1ccc(Cl)cc1Cl. The summed E-state index contributed by atoms with van der Waals surface area (Å²) >= 11 is 11.7. The third kappa shape index (κ3) is 6.29. The molecule has 5 nitrogen and oxygen atoms in total. The second kappa shape index (κ2) is 9.30. The Morgan fingerprint density at radius 2 is 1.80 bits per heavy atom. The van der Waals surface area contributed by atoms with Crippen molar-refractivity contribution in [1.82, 2.24) is 10.6 Å². The van der Waals surface area contributed by atoms with Crippen LogP contribution in [0.4, 0.5) is 0 Å². The molecule has 0 saturated heterocycles. The molecular weight excluding hydrogens is 363 g/mol. The third-order valence-corrected chi connectivity index (χ3v) is 3.97. The number of nitrogens with one attached hydrogen (secondary N) is 2. The van der Waals surface area contributed by atoms with E-state index in [1.165, 1.54) is 6.07 Å². The zero-order valence-electron chi connectivity index (χ0n) is 13.6. The van der Waals surface area contributed by atoms with Gasteiger partial charge >= 0.3 is 0 Å². The number of carbonyl (C=O) groups excluding carboxylic acids is 2. The number of aryl methyl sites for hydroxylation is 1. The number of amides is 2. The summed E-state index contributed by atoms with van der Waals surface area (Å²) in [6.45, 7) is 2.02. The molecule has 0 bridgehead atoms. The maximum Gasteiger partial charge on any atom is 0.258 e. The van der Waals surface area contributed by atoms with Gasteiger partial charge in [-0.15, -0.1) is 0 Å². The molecule has 2 amide bonds. The van der Waals surface area contributed by atoms with Crippen LogP contribution in [-0.2, 0) is 16.1 Å². The van der Waals surface area contributed by atoms with Crippen LogP contribution >= 0.6 is 23.2 Å². The first kappa shape index (κ1) is 19.1. The highest BCUT2D eigenvalue weighted by molar-refractivity contribution is 6.35. The fraction of sp³-hybridized carbons (Fsp3) is 0.222. The summed E-state index contributed by atoms with van der Waals surface area (Å²) in [6, 6.07) is 12.5. The third-order valence-electron chi connectivity index (χ3n) is 3.44. The minimum atomic E-state index is -0.419. The molecule has 0 aliphatic rings. The molecule has 7 heteroatoms. The van der Waals surface area contributed by atoms with Crippen LogP contribution in [0.2, 0.25) is 10.0 Å². The van der Waals surface area contributed by atoms with E-state index >= 15 is 0 Å². The molecule has 132 valence electrons. The number of hydrogen-bond donors (Lipinski definition) is 2. The van der Waals surface area contributed by atoms with Gasteiger partial charge in [0.1, 0.15) is 5.75 Å². The van der Waals surface area contributed by atoms with Crippen molar-refractivity contribution >= 4 is 35.0 Å². The first-order valence-corrected chi connectivity index (χ1v) is 8.37. The van der Waals surface area contributed by atoms with Crippen LogP contribution < -0.4 is 15.4 Å². The van der Waals surface area contributed by atoms with E-state index in [1.807, 2.05) is 31.2 Å². The lowest BCUT2D eigenvalue weighted by Crippen LogP contribution is -2.38. The summed E-state index contributed by atoms with van der Waals surface area (Å²) in [5.74, 6) is -0.344. The lowest BCUT2D eigenvalue weighted by molar-refractivity contribution is -0.127. The number of carbonyl (C=O) groups is 2. The van der Waals surface area contributed by atoms with Gasteiger partial charge < -0.3 is 15.4 Å². The van der Waals surface area contributed by atoms with Gasteiger partial charge in [0, 0.05) is 11.6 Å². The van der Waals surface area contributed by atoms with E-state index in [0.717, 1.165) is 11.1 Å². The van der Waals surface area contributed by atoms with Crippen molar-refractivity contribution in [2.24, 2.45) is 0 Å². The van der Waals surface area contributed by atoms with E-state index in [-0.39, 0.29) is 19.1 Å². The van der Waals surface area contributed by atoms with E-state index in [1.54, 1.807) is 12.1 Å². The minimum Gasteiger partial charge on any atom is -0.482 e. The molecule has 0 saturated carbocycles. The number of rotatable bonds is 7. The summed E-state index contributed by atoms with van der Waals surface area (Å²) in [6.07, 6.45) is 0. The van der Waals surface area contributed by atoms with Crippen molar-refractivity contribution in [1.29, 1.82) is 0 Å². The Morgan fingerprint density at radius 3 is 2.52 bits per heavy atom. The van der Waals surface area contributed by atoms with Gasteiger partial charge in [0.05, 0.1) is 11.6 Å². The topological polar surface area (TPSA) is 67.4 Å². The van der Waals surface area contributed by atoms with Gasteiger partial charge in [0.25, 0.3) is 5.91 Å². The lowest BCUT2D eigenvalue weighted by atomic mass is 10.1. The van der Waals surface area contributed by atoms with E-state index in [9.17, 15) is 9.59 Å². The van der Waals surface area contributed by atoms with E-state index in [0.29, 0.717) is 22.3 Å². The Bertz CT molecular complexity index is 766. The van der Waals surface area contributed by atoms with Crippen LogP contribution in [0.5, 0.6) is 5.75 Å². The van der Waals surface area contributed by atoms with Crippen molar-refractivity contribution in [3.63, 3.8) is 0 Å². The largest absolute Gasteiger partial charge is 0.482 e. The zero-order valence-corrected chi connectivity index (χ0v) is 15.2. The predicted octanol–water partition coefficient (Wildman–Crippen LogP) is 3.11. The summed E-state index contributed by atoms with van der Waals surface area (Å²) in [5.41, 5.74) is 2.13. The van der Waals surface area contributed by atoms with Crippen LogP contribution in [0.25, 0.3) is 0 Å². The monoisotopic (exact) mass is 380 g/mol. The zero-order chi connectivity index (χ0) is 18.2. The fourth-order valence-electron chi connectivity index (χ4n) is 2.03. The molecule has 0 spiro atoms. The number of halogens is 2. The molecule has 2 aromatic rings. The first-order chi connectivity index (χ1) is 12.0. The molecule has 25 heavy (non-hydrogen) atoms. The highest BCUT2D eigenvalue weighted by atomic mass is 35.5. The van der Waals surface area contributed by atoms with Gasteiger partial charge in [-0.05, 0) is 36.2 Å². The van der Waals surface area contributed by atoms with Gasteiger partial charge in [0.15, 0.2) is 6.61 Å².